The molecule has 4 nitrogen and oxygen atoms in total. The van der Waals surface area contributed by atoms with Crippen LogP contribution in [0.5, 0.6) is 0 Å². The van der Waals surface area contributed by atoms with Crippen molar-refractivity contribution in [3.63, 3.8) is 0 Å². The zero-order valence-electron chi connectivity index (χ0n) is 31.2. The first kappa shape index (κ1) is 31.4. The van der Waals surface area contributed by atoms with Gasteiger partial charge in [0.25, 0.3) is 0 Å². The van der Waals surface area contributed by atoms with E-state index < -0.39 is 0 Å². The molecule has 13 rings (SSSR count). The summed E-state index contributed by atoms with van der Waals surface area (Å²) in [6.07, 6.45) is 0. The first-order valence-electron chi connectivity index (χ1n) is 19.7. The van der Waals surface area contributed by atoms with E-state index in [0.717, 1.165) is 83.0 Å². The van der Waals surface area contributed by atoms with Crippen LogP contribution in [0.3, 0.4) is 0 Å². The van der Waals surface area contributed by atoms with Crippen LogP contribution in [0.2, 0.25) is 0 Å². The summed E-state index contributed by atoms with van der Waals surface area (Å²) in [5.41, 5.74) is 15.1. The molecule has 0 aliphatic heterocycles. The molecule has 0 atom stereocenters. The van der Waals surface area contributed by atoms with Gasteiger partial charge < -0.3 is 18.0 Å². The van der Waals surface area contributed by atoms with Crippen molar-refractivity contribution in [2.75, 3.05) is 0 Å². The minimum atomic E-state index is 0.899. The molecule has 13 aromatic rings. The second kappa shape index (κ2) is 11.8. The Morgan fingerprint density at radius 3 is 1.55 bits per heavy atom. The summed E-state index contributed by atoms with van der Waals surface area (Å²) in [5.74, 6) is 0. The number of hydrogen-bond donors (Lipinski definition) is 0. The highest BCUT2D eigenvalue weighted by atomic mass is 16.3. The van der Waals surface area contributed by atoms with Crippen molar-refractivity contribution in [2.24, 2.45) is 0 Å². The fraction of sp³-hybridized carbons (Fsp3) is 0. The van der Waals surface area contributed by atoms with Gasteiger partial charge in [-0.25, -0.2) is 0 Å². The van der Waals surface area contributed by atoms with Gasteiger partial charge in [0.1, 0.15) is 22.3 Å². The Morgan fingerprint density at radius 2 is 0.793 bits per heavy atom. The van der Waals surface area contributed by atoms with Crippen LogP contribution >= 0.6 is 0 Å². The summed E-state index contributed by atoms with van der Waals surface area (Å²) in [5, 5.41) is 9.45. The molecule has 0 aliphatic rings. The van der Waals surface area contributed by atoms with Crippen molar-refractivity contribution in [3.8, 4) is 33.6 Å². The number of para-hydroxylation sites is 4. The van der Waals surface area contributed by atoms with Gasteiger partial charge in [-0.3, -0.25) is 0 Å². The summed E-state index contributed by atoms with van der Waals surface area (Å²) in [4.78, 5) is 0. The van der Waals surface area contributed by atoms with Crippen molar-refractivity contribution in [2.45, 2.75) is 0 Å². The lowest BCUT2D eigenvalue weighted by molar-refractivity contribution is 0.668. The zero-order chi connectivity index (χ0) is 37.9. The third-order valence-corrected chi connectivity index (χ3v) is 12.1. The van der Waals surface area contributed by atoms with Gasteiger partial charge in [0, 0.05) is 54.5 Å². The van der Waals surface area contributed by atoms with Gasteiger partial charge in [-0.05, 0) is 101 Å². The summed E-state index contributed by atoms with van der Waals surface area (Å²) in [6, 6.07) is 69.7. The molecule has 0 N–H and O–H groups in total. The van der Waals surface area contributed by atoms with Crippen molar-refractivity contribution >= 4 is 87.5 Å². The molecule has 58 heavy (non-hydrogen) atoms. The lowest BCUT2D eigenvalue weighted by Crippen LogP contribution is -1.96. The number of furan rings is 2. The van der Waals surface area contributed by atoms with Crippen LogP contribution in [0, 0.1) is 0 Å². The zero-order valence-corrected chi connectivity index (χ0v) is 31.2. The quantitative estimate of drug-likeness (QED) is 0.180. The normalized spacial score (nSPS) is 12.1. The van der Waals surface area contributed by atoms with Gasteiger partial charge in [-0.2, -0.15) is 0 Å². The van der Waals surface area contributed by atoms with Crippen molar-refractivity contribution < 1.29 is 8.83 Å². The third-order valence-electron chi connectivity index (χ3n) is 12.1. The average Bonchev–Trinajstić information content (AvgIpc) is 4.03. The van der Waals surface area contributed by atoms with E-state index in [-0.39, 0.29) is 0 Å². The molecule has 0 fully saturated rings. The van der Waals surface area contributed by atoms with Crippen LogP contribution in [0.1, 0.15) is 0 Å². The molecule has 0 amide bonds. The van der Waals surface area contributed by atoms with Crippen LogP contribution in [-0.2, 0) is 0 Å². The number of benzene rings is 9. The Hall–Kier alpha value is -7.82. The molecular formula is C54H32N2O2. The van der Waals surface area contributed by atoms with E-state index in [1.54, 1.807) is 0 Å². The van der Waals surface area contributed by atoms with Crippen LogP contribution in [0.4, 0.5) is 0 Å². The number of nitrogens with zero attached hydrogens (tertiary/aromatic N) is 2. The van der Waals surface area contributed by atoms with Gasteiger partial charge in [0.15, 0.2) is 0 Å². The lowest BCUT2D eigenvalue weighted by Gasteiger charge is -2.12. The van der Waals surface area contributed by atoms with Gasteiger partial charge in [0.05, 0.1) is 22.1 Å². The fourth-order valence-electron chi connectivity index (χ4n) is 9.52. The predicted octanol–water partition coefficient (Wildman–Crippen LogP) is 15.0. The summed E-state index contributed by atoms with van der Waals surface area (Å²) < 4.78 is 17.4. The van der Waals surface area contributed by atoms with E-state index in [1.165, 1.54) is 38.1 Å². The summed E-state index contributed by atoms with van der Waals surface area (Å²) in [7, 11) is 0. The van der Waals surface area contributed by atoms with E-state index in [4.69, 9.17) is 8.83 Å². The van der Waals surface area contributed by atoms with Gasteiger partial charge in [-0.1, -0.05) is 115 Å². The Balaban J connectivity index is 1.03. The Kier molecular flexibility index (Phi) is 6.41. The standard InChI is InChI=1S/C54H32N2O2/c1-5-19-46-39(15-1)43-26-27-48-53(54(43)56(46)38-14-10-11-33(30-38)35-24-28-51-45(31-35)41-17-4-8-22-50(41)57-51)44-18-2-6-20-47(44)55(48)37-13-9-12-34(29-37)36-23-25-42-40-16-3-7-21-49(40)58-52(42)32-36/h1-32H. The van der Waals surface area contributed by atoms with Crippen LogP contribution in [0.25, 0.3) is 121 Å². The molecule has 0 saturated heterocycles. The number of aromatic nitrogens is 2. The Bertz CT molecular complexity index is 3820. The average molecular weight is 741 g/mol. The SMILES string of the molecule is c1cc(-c2ccc3c(c2)oc2ccccc23)cc(-n2c3ccccc3c3c2ccc2c4ccccc4n(-c4cccc(-c5ccc6oc7ccccc7c6c5)c4)c23)c1. The molecule has 0 bridgehead atoms. The third kappa shape index (κ3) is 4.45. The van der Waals surface area contributed by atoms with Gasteiger partial charge in [0.2, 0.25) is 0 Å². The van der Waals surface area contributed by atoms with Gasteiger partial charge in [-0.15, -0.1) is 0 Å². The minimum Gasteiger partial charge on any atom is -0.456 e. The van der Waals surface area contributed by atoms with E-state index in [9.17, 15) is 0 Å². The van der Waals surface area contributed by atoms with Gasteiger partial charge >= 0.3 is 0 Å². The monoisotopic (exact) mass is 740 g/mol. The summed E-state index contributed by atoms with van der Waals surface area (Å²) in [6.45, 7) is 0. The second-order valence-corrected chi connectivity index (χ2v) is 15.3. The lowest BCUT2D eigenvalue weighted by atomic mass is 10.0. The smallest absolute Gasteiger partial charge is 0.136 e. The molecule has 4 heterocycles. The highest BCUT2D eigenvalue weighted by Gasteiger charge is 2.21. The molecular weight excluding hydrogens is 709 g/mol. The molecule has 270 valence electrons. The topological polar surface area (TPSA) is 36.1 Å². The van der Waals surface area contributed by atoms with Crippen molar-refractivity contribution in [1.82, 2.24) is 9.13 Å². The van der Waals surface area contributed by atoms with Crippen LogP contribution in [0.15, 0.2) is 203 Å². The molecule has 0 aliphatic carbocycles. The number of fused-ring (bicyclic) bond motifs is 13. The number of rotatable bonds is 4. The van der Waals surface area contributed by atoms with E-state index >= 15 is 0 Å². The maximum absolute atomic E-state index is 6.30. The Morgan fingerprint density at radius 1 is 0.276 bits per heavy atom. The second-order valence-electron chi connectivity index (χ2n) is 15.3. The van der Waals surface area contributed by atoms with E-state index in [1.807, 2.05) is 24.3 Å². The highest BCUT2D eigenvalue weighted by molar-refractivity contribution is 6.26. The predicted molar refractivity (Wildman–Crippen MR) is 241 cm³/mol. The first-order valence-corrected chi connectivity index (χ1v) is 19.7. The minimum absolute atomic E-state index is 0.899. The molecule has 0 unspecified atom stereocenters. The largest absolute Gasteiger partial charge is 0.456 e. The first-order chi connectivity index (χ1) is 28.7. The molecule has 0 saturated carbocycles. The maximum atomic E-state index is 6.30. The Labute approximate surface area is 332 Å². The molecule has 4 aromatic heterocycles. The van der Waals surface area contributed by atoms with Crippen molar-refractivity contribution in [3.05, 3.63) is 194 Å². The highest BCUT2D eigenvalue weighted by Crippen LogP contribution is 2.43. The molecule has 0 spiro atoms. The van der Waals surface area contributed by atoms with E-state index in [0.29, 0.717) is 0 Å². The molecule has 0 radical (unpaired) electrons. The number of hydrogen-bond acceptors (Lipinski definition) is 2. The maximum Gasteiger partial charge on any atom is 0.136 e. The fourth-order valence-corrected chi connectivity index (χ4v) is 9.52. The van der Waals surface area contributed by atoms with Crippen LogP contribution < -0.4 is 0 Å². The summed E-state index contributed by atoms with van der Waals surface area (Å²) >= 11 is 0. The molecule has 9 aromatic carbocycles. The molecule has 4 heteroatoms. The van der Waals surface area contributed by atoms with Crippen molar-refractivity contribution in [1.29, 1.82) is 0 Å². The van der Waals surface area contributed by atoms with E-state index in [2.05, 4.69) is 179 Å². The van der Waals surface area contributed by atoms with Crippen LogP contribution in [-0.4, -0.2) is 9.13 Å².